The Kier molecular flexibility index (Phi) is 6.22. The number of nitrogens with zero attached hydrogens (tertiary/aromatic N) is 1. The summed E-state index contributed by atoms with van der Waals surface area (Å²) in [6.07, 6.45) is 6.70. The third-order valence-corrected chi connectivity index (χ3v) is 6.80. The van der Waals surface area contributed by atoms with Gasteiger partial charge in [-0.1, -0.05) is 71.0 Å². The number of phenols is 1. The van der Waals surface area contributed by atoms with Crippen LogP contribution in [0, 0.1) is 18.3 Å². The molecule has 1 N–H and O–H groups in total. The molecule has 1 saturated carbocycles. The van der Waals surface area contributed by atoms with Crippen molar-refractivity contribution in [3.8, 4) is 5.75 Å². The fourth-order valence-corrected chi connectivity index (χ4v) is 4.67. The third kappa shape index (κ3) is 4.91. The molecule has 0 saturated heterocycles. The van der Waals surface area contributed by atoms with Gasteiger partial charge in [-0.15, -0.1) is 0 Å². The van der Waals surface area contributed by atoms with E-state index in [1.807, 2.05) is 18.3 Å². The topological polar surface area (TPSA) is 32.6 Å². The minimum atomic E-state index is -0.273. The number of hydrogen-bond acceptors (Lipinski definition) is 2. The summed E-state index contributed by atoms with van der Waals surface area (Å²) in [5.74, 6) is 1.15. The van der Waals surface area contributed by atoms with Crippen molar-refractivity contribution in [2.24, 2.45) is 16.3 Å². The van der Waals surface area contributed by atoms with Gasteiger partial charge in [-0.3, -0.25) is 4.99 Å². The average Bonchev–Trinajstić information content (AvgIpc) is 2.68. The highest BCUT2D eigenvalue weighted by Crippen LogP contribution is 2.40. The van der Waals surface area contributed by atoms with E-state index in [2.05, 4.69) is 71.9 Å². The molecule has 0 spiro atoms. The van der Waals surface area contributed by atoms with Crippen LogP contribution in [0.1, 0.15) is 82.6 Å². The molecule has 0 radical (unpaired) electrons. The Morgan fingerprint density at radius 2 is 1.55 bits per heavy atom. The van der Waals surface area contributed by atoms with E-state index in [1.54, 1.807) is 0 Å². The second-order valence-corrected chi connectivity index (χ2v) is 10.4. The standard InChI is InChI=1S/C27H37NO/c1-19-16-20(18-28-23-14-12-21(13-15-23)26(2,3)4)25(29)24(17-19)27(5,6)22-10-8-7-9-11-22/h7-11,16-18,21,23,29H,12-15H2,1-6H3. The van der Waals surface area contributed by atoms with Gasteiger partial charge < -0.3 is 5.11 Å². The van der Waals surface area contributed by atoms with E-state index < -0.39 is 0 Å². The Bertz CT molecular complexity index is 850. The van der Waals surface area contributed by atoms with Gasteiger partial charge in [0, 0.05) is 28.8 Å². The fourth-order valence-electron chi connectivity index (χ4n) is 4.67. The Balaban J connectivity index is 1.82. The van der Waals surface area contributed by atoms with Crippen LogP contribution < -0.4 is 0 Å². The van der Waals surface area contributed by atoms with Gasteiger partial charge in [0.25, 0.3) is 0 Å². The van der Waals surface area contributed by atoms with Gasteiger partial charge in [0.2, 0.25) is 0 Å². The highest BCUT2D eigenvalue weighted by Gasteiger charge is 2.30. The minimum absolute atomic E-state index is 0.273. The number of benzene rings is 2. The predicted molar refractivity (Wildman–Crippen MR) is 124 cm³/mol. The Labute approximate surface area is 177 Å². The van der Waals surface area contributed by atoms with Gasteiger partial charge in [-0.25, -0.2) is 0 Å². The molecule has 3 rings (SSSR count). The molecule has 2 heteroatoms. The van der Waals surface area contributed by atoms with Gasteiger partial charge in [-0.05, 0) is 61.1 Å². The zero-order valence-electron chi connectivity index (χ0n) is 19.0. The Morgan fingerprint density at radius 1 is 0.931 bits per heavy atom. The molecule has 0 atom stereocenters. The lowest BCUT2D eigenvalue weighted by molar-refractivity contribution is 0.170. The normalized spacial score (nSPS) is 20.9. The van der Waals surface area contributed by atoms with Crippen LogP contribution in [-0.4, -0.2) is 17.4 Å². The summed E-state index contributed by atoms with van der Waals surface area (Å²) in [6.45, 7) is 13.5. The summed E-state index contributed by atoms with van der Waals surface area (Å²) in [7, 11) is 0. The summed E-state index contributed by atoms with van der Waals surface area (Å²) in [5, 5.41) is 11.1. The summed E-state index contributed by atoms with van der Waals surface area (Å²) in [4.78, 5) is 4.88. The van der Waals surface area contributed by atoms with Gasteiger partial charge in [0.05, 0.1) is 0 Å². The Hall–Kier alpha value is -2.09. The molecule has 0 bridgehead atoms. The average molecular weight is 392 g/mol. The quantitative estimate of drug-likeness (QED) is 0.556. The van der Waals surface area contributed by atoms with Gasteiger partial charge in [0.15, 0.2) is 0 Å². The van der Waals surface area contributed by atoms with E-state index in [9.17, 15) is 5.11 Å². The second kappa shape index (κ2) is 8.34. The smallest absolute Gasteiger partial charge is 0.128 e. The van der Waals surface area contributed by atoms with Crippen molar-refractivity contribution in [1.82, 2.24) is 0 Å². The van der Waals surface area contributed by atoms with Crippen LogP contribution in [0.4, 0.5) is 0 Å². The zero-order chi connectivity index (χ0) is 21.2. The van der Waals surface area contributed by atoms with E-state index in [-0.39, 0.29) is 5.41 Å². The molecule has 0 aliphatic heterocycles. The fraction of sp³-hybridized carbons (Fsp3) is 0.519. The van der Waals surface area contributed by atoms with E-state index >= 15 is 0 Å². The van der Waals surface area contributed by atoms with Crippen molar-refractivity contribution in [2.45, 2.75) is 78.7 Å². The molecule has 0 unspecified atom stereocenters. The van der Waals surface area contributed by atoms with Gasteiger partial charge >= 0.3 is 0 Å². The molecule has 1 aliphatic rings. The molecule has 2 aromatic rings. The molecule has 0 amide bonds. The minimum Gasteiger partial charge on any atom is -0.507 e. The first kappa shape index (κ1) is 21.6. The van der Waals surface area contributed by atoms with Crippen molar-refractivity contribution in [1.29, 1.82) is 0 Å². The van der Waals surface area contributed by atoms with Crippen LogP contribution in [0.15, 0.2) is 47.5 Å². The first-order valence-electron chi connectivity index (χ1n) is 11.0. The summed E-state index contributed by atoms with van der Waals surface area (Å²) >= 11 is 0. The van der Waals surface area contributed by atoms with Crippen LogP contribution in [0.25, 0.3) is 0 Å². The van der Waals surface area contributed by atoms with E-state index in [1.165, 1.54) is 18.4 Å². The van der Waals surface area contributed by atoms with E-state index in [0.29, 0.717) is 17.2 Å². The number of rotatable bonds is 4. The molecule has 156 valence electrons. The largest absolute Gasteiger partial charge is 0.507 e. The van der Waals surface area contributed by atoms with Crippen molar-refractivity contribution in [3.05, 3.63) is 64.7 Å². The number of phenolic OH excluding ortho intramolecular Hbond substituents is 1. The summed E-state index contributed by atoms with van der Waals surface area (Å²) < 4.78 is 0. The second-order valence-electron chi connectivity index (χ2n) is 10.4. The SMILES string of the molecule is Cc1cc(C=NC2CCC(C(C)(C)C)CC2)c(O)c(C(C)(C)c2ccccc2)c1. The lowest BCUT2D eigenvalue weighted by atomic mass is 9.71. The number of hydrogen-bond donors (Lipinski definition) is 1. The molecular formula is C27H37NO. The molecule has 2 nitrogen and oxygen atoms in total. The number of aromatic hydroxyl groups is 1. The maximum absolute atomic E-state index is 11.1. The van der Waals surface area contributed by atoms with Crippen molar-refractivity contribution >= 4 is 6.21 Å². The van der Waals surface area contributed by atoms with E-state index in [4.69, 9.17) is 4.99 Å². The van der Waals surface area contributed by atoms with Crippen LogP contribution in [-0.2, 0) is 5.41 Å². The summed E-state index contributed by atoms with van der Waals surface area (Å²) in [6, 6.07) is 14.9. The van der Waals surface area contributed by atoms with Crippen LogP contribution in [0.5, 0.6) is 5.75 Å². The molecule has 0 heterocycles. The molecular weight excluding hydrogens is 354 g/mol. The van der Waals surface area contributed by atoms with Crippen LogP contribution >= 0.6 is 0 Å². The summed E-state index contributed by atoms with van der Waals surface area (Å²) in [5.41, 5.74) is 4.26. The van der Waals surface area contributed by atoms with Gasteiger partial charge in [0.1, 0.15) is 5.75 Å². The highest BCUT2D eigenvalue weighted by molar-refractivity contribution is 5.85. The predicted octanol–water partition coefficient (Wildman–Crippen LogP) is 7.05. The third-order valence-electron chi connectivity index (χ3n) is 6.80. The lowest BCUT2D eigenvalue weighted by Crippen LogP contribution is -2.27. The molecule has 1 aliphatic carbocycles. The van der Waals surface area contributed by atoms with Crippen molar-refractivity contribution in [3.63, 3.8) is 0 Å². The van der Waals surface area contributed by atoms with Crippen LogP contribution in [0.3, 0.4) is 0 Å². The maximum Gasteiger partial charge on any atom is 0.128 e. The monoisotopic (exact) mass is 391 g/mol. The zero-order valence-corrected chi connectivity index (χ0v) is 19.0. The van der Waals surface area contributed by atoms with Gasteiger partial charge in [-0.2, -0.15) is 0 Å². The molecule has 2 aromatic carbocycles. The lowest BCUT2D eigenvalue weighted by Gasteiger charge is -2.35. The van der Waals surface area contributed by atoms with Crippen LogP contribution in [0.2, 0.25) is 0 Å². The first-order chi connectivity index (χ1) is 13.6. The van der Waals surface area contributed by atoms with Crippen molar-refractivity contribution in [2.75, 3.05) is 0 Å². The van der Waals surface area contributed by atoms with Crippen molar-refractivity contribution < 1.29 is 5.11 Å². The molecule has 29 heavy (non-hydrogen) atoms. The number of aliphatic imine (C=N–C) groups is 1. The van der Waals surface area contributed by atoms with E-state index in [0.717, 1.165) is 35.4 Å². The first-order valence-corrected chi connectivity index (χ1v) is 11.0. The highest BCUT2D eigenvalue weighted by atomic mass is 16.3. The Morgan fingerprint density at radius 3 is 2.14 bits per heavy atom. The maximum atomic E-state index is 11.1. The number of aryl methyl sites for hydroxylation is 1. The molecule has 0 aromatic heterocycles. The molecule has 1 fully saturated rings.